The molecule has 0 aliphatic carbocycles. The number of aromatic amines is 1. The van der Waals surface area contributed by atoms with Gasteiger partial charge in [0, 0.05) is 31.4 Å². The van der Waals surface area contributed by atoms with E-state index in [4.69, 9.17) is 4.42 Å². The first-order chi connectivity index (χ1) is 11.1. The number of hydrogen-bond acceptors (Lipinski definition) is 4. The fourth-order valence-corrected chi connectivity index (χ4v) is 3.15. The largest absolute Gasteiger partial charge is 0.464 e. The lowest BCUT2D eigenvalue weighted by Crippen LogP contribution is -2.42. The summed E-state index contributed by atoms with van der Waals surface area (Å²) in [6, 6.07) is 5.88. The lowest BCUT2D eigenvalue weighted by molar-refractivity contribution is -0.132. The number of H-pyrrole nitrogens is 1. The van der Waals surface area contributed by atoms with Gasteiger partial charge in [-0.1, -0.05) is 0 Å². The number of likely N-dealkylation sites (N-methyl/N-ethyl adjacent to an activating group) is 1. The van der Waals surface area contributed by atoms with Crippen LogP contribution in [0.3, 0.4) is 0 Å². The molecule has 0 spiro atoms. The third-order valence-corrected chi connectivity index (χ3v) is 4.44. The molecule has 1 saturated heterocycles. The predicted molar refractivity (Wildman–Crippen MR) is 86.9 cm³/mol. The average Bonchev–Trinajstić information content (AvgIpc) is 3.19. The van der Waals surface area contributed by atoms with Gasteiger partial charge < -0.3 is 9.32 Å². The molecular weight excluding hydrogens is 292 g/mol. The van der Waals surface area contributed by atoms with Crippen molar-refractivity contribution in [2.45, 2.75) is 32.2 Å². The molecule has 0 bridgehead atoms. The van der Waals surface area contributed by atoms with Gasteiger partial charge in [0.25, 0.3) is 0 Å². The van der Waals surface area contributed by atoms with E-state index in [0.29, 0.717) is 19.0 Å². The van der Waals surface area contributed by atoms with Crippen molar-refractivity contribution in [3.8, 4) is 0 Å². The molecule has 1 amide bonds. The normalized spacial score (nSPS) is 19.0. The third-order valence-electron chi connectivity index (χ3n) is 4.44. The predicted octanol–water partition coefficient (Wildman–Crippen LogP) is 2.15. The zero-order chi connectivity index (χ0) is 16.2. The highest BCUT2D eigenvalue weighted by molar-refractivity contribution is 5.77. The molecule has 1 fully saturated rings. The second-order valence-corrected chi connectivity index (χ2v) is 6.35. The molecule has 1 atom stereocenters. The van der Waals surface area contributed by atoms with Crippen molar-refractivity contribution in [2.24, 2.45) is 0 Å². The Kier molecular flexibility index (Phi) is 4.81. The Balaban J connectivity index is 1.52. The SMILES string of the molecule is Cc1ccc(CN(C)C(=O)CN2CCC[C@H](c3ccn[nH]3)C2)o1. The van der Waals surface area contributed by atoms with Gasteiger partial charge in [0.05, 0.1) is 13.1 Å². The van der Waals surface area contributed by atoms with Gasteiger partial charge in [-0.2, -0.15) is 5.10 Å². The summed E-state index contributed by atoms with van der Waals surface area (Å²) in [7, 11) is 1.83. The number of rotatable bonds is 5. The highest BCUT2D eigenvalue weighted by atomic mass is 16.3. The Morgan fingerprint density at radius 3 is 3.04 bits per heavy atom. The number of piperidine rings is 1. The third kappa shape index (κ3) is 4.01. The fraction of sp³-hybridized carbons (Fsp3) is 0.529. The van der Waals surface area contributed by atoms with E-state index in [0.717, 1.165) is 37.5 Å². The van der Waals surface area contributed by atoms with E-state index in [1.54, 1.807) is 11.1 Å². The maximum atomic E-state index is 12.4. The number of hydrogen-bond donors (Lipinski definition) is 1. The van der Waals surface area contributed by atoms with Gasteiger partial charge in [-0.25, -0.2) is 0 Å². The first-order valence-corrected chi connectivity index (χ1v) is 8.12. The van der Waals surface area contributed by atoms with Crippen molar-refractivity contribution in [3.05, 3.63) is 41.6 Å². The van der Waals surface area contributed by atoms with E-state index < -0.39 is 0 Å². The first kappa shape index (κ1) is 15.8. The number of aromatic nitrogens is 2. The summed E-state index contributed by atoms with van der Waals surface area (Å²) in [5.74, 6) is 2.27. The minimum Gasteiger partial charge on any atom is -0.464 e. The molecular formula is C17H24N4O2. The van der Waals surface area contributed by atoms with Crippen LogP contribution >= 0.6 is 0 Å². The van der Waals surface area contributed by atoms with Crippen molar-refractivity contribution in [1.29, 1.82) is 0 Å². The van der Waals surface area contributed by atoms with E-state index in [1.165, 1.54) is 5.69 Å². The molecule has 0 saturated carbocycles. The minimum absolute atomic E-state index is 0.129. The molecule has 124 valence electrons. The van der Waals surface area contributed by atoms with Crippen LogP contribution in [0.15, 0.2) is 28.8 Å². The monoisotopic (exact) mass is 316 g/mol. The summed E-state index contributed by atoms with van der Waals surface area (Å²) in [5, 5.41) is 7.09. The Morgan fingerprint density at radius 1 is 1.48 bits per heavy atom. The molecule has 1 aliphatic rings. The highest BCUT2D eigenvalue weighted by Gasteiger charge is 2.24. The van der Waals surface area contributed by atoms with Gasteiger partial charge in [0.2, 0.25) is 5.91 Å². The molecule has 0 aromatic carbocycles. The van der Waals surface area contributed by atoms with E-state index in [2.05, 4.69) is 15.1 Å². The van der Waals surface area contributed by atoms with Gasteiger partial charge in [-0.15, -0.1) is 0 Å². The smallest absolute Gasteiger partial charge is 0.236 e. The number of carbonyl (C=O) groups is 1. The number of amides is 1. The van der Waals surface area contributed by atoms with Gasteiger partial charge in [-0.3, -0.25) is 14.8 Å². The quantitative estimate of drug-likeness (QED) is 0.918. The van der Waals surface area contributed by atoms with Gasteiger partial charge >= 0.3 is 0 Å². The van der Waals surface area contributed by atoms with E-state index in [1.807, 2.05) is 32.2 Å². The van der Waals surface area contributed by atoms with Gasteiger partial charge in [0.1, 0.15) is 11.5 Å². The Bertz CT molecular complexity index is 635. The molecule has 0 radical (unpaired) electrons. The van der Waals surface area contributed by atoms with Crippen molar-refractivity contribution in [2.75, 3.05) is 26.7 Å². The lowest BCUT2D eigenvalue weighted by Gasteiger charge is -2.32. The van der Waals surface area contributed by atoms with Crippen LogP contribution in [0.25, 0.3) is 0 Å². The van der Waals surface area contributed by atoms with Crippen molar-refractivity contribution in [1.82, 2.24) is 20.0 Å². The number of likely N-dealkylation sites (tertiary alicyclic amines) is 1. The molecule has 0 unspecified atom stereocenters. The Labute approximate surface area is 136 Å². The second-order valence-electron chi connectivity index (χ2n) is 6.35. The van der Waals surface area contributed by atoms with Crippen molar-refractivity contribution in [3.63, 3.8) is 0 Å². The molecule has 1 N–H and O–H groups in total. The van der Waals surface area contributed by atoms with Crippen LogP contribution in [-0.2, 0) is 11.3 Å². The second kappa shape index (κ2) is 7.00. The number of nitrogens with zero attached hydrogens (tertiary/aromatic N) is 3. The molecule has 3 rings (SSSR count). The zero-order valence-electron chi connectivity index (χ0n) is 13.8. The number of aryl methyl sites for hydroxylation is 1. The highest BCUT2D eigenvalue weighted by Crippen LogP contribution is 2.25. The number of nitrogens with one attached hydrogen (secondary N) is 1. The average molecular weight is 316 g/mol. The maximum Gasteiger partial charge on any atom is 0.236 e. The van der Waals surface area contributed by atoms with Crippen molar-refractivity contribution < 1.29 is 9.21 Å². The van der Waals surface area contributed by atoms with Crippen LogP contribution < -0.4 is 0 Å². The maximum absolute atomic E-state index is 12.4. The van der Waals surface area contributed by atoms with E-state index >= 15 is 0 Å². The van der Waals surface area contributed by atoms with Crippen LogP contribution in [-0.4, -0.2) is 52.6 Å². The van der Waals surface area contributed by atoms with Crippen LogP contribution in [0, 0.1) is 6.92 Å². The lowest BCUT2D eigenvalue weighted by atomic mass is 9.95. The fourth-order valence-electron chi connectivity index (χ4n) is 3.15. The zero-order valence-corrected chi connectivity index (χ0v) is 13.8. The van der Waals surface area contributed by atoms with Gasteiger partial charge in [-0.05, 0) is 44.5 Å². The summed E-state index contributed by atoms with van der Waals surface area (Å²) >= 11 is 0. The summed E-state index contributed by atoms with van der Waals surface area (Å²) in [6.07, 6.45) is 4.05. The molecule has 6 heteroatoms. The van der Waals surface area contributed by atoms with Crippen LogP contribution in [0.2, 0.25) is 0 Å². The van der Waals surface area contributed by atoms with Crippen LogP contribution in [0.4, 0.5) is 0 Å². The van der Waals surface area contributed by atoms with Crippen LogP contribution in [0.5, 0.6) is 0 Å². The van der Waals surface area contributed by atoms with Crippen LogP contribution in [0.1, 0.15) is 36.0 Å². The molecule has 23 heavy (non-hydrogen) atoms. The van der Waals surface area contributed by atoms with Crippen molar-refractivity contribution >= 4 is 5.91 Å². The summed E-state index contributed by atoms with van der Waals surface area (Å²) < 4.78 is 5.54. The van der Waals surface area contributed by atoms with E-state index in [9.17, 15) is 4.79 Å². The molecule has 2 aromatic rings. The minimum atomic E-state index is 0.129. The summed E-state index contributed by atoms with van der Waals surface area (Å²) in [5.41, 5.74) is 1.17. The topological polar surface area (TPSA) is 65.4 Å². The van der Waals surface area contributed by atoms with Gasteiger partial charge in [0.15, 0.2) is 0 Å². The van der Waals surface area contributed by atoms with E-state index in [-0.39, 0.29) is 5.91 Å². The molecule has 3 heterocycles. The summed E-state index contributed by atoms with van der Waals surface area (Å²) in [4.78, 5) is 16.4. The Hall–Kier alpha value is -2.08. The molecule has 6 nitrogen and oxygen atoms in total. The number of furan rings is 1. The standard InChI is InChI=1S/C17H24N4O2/c1-13-5-6-15(23-13)11-20(2)17(22)12-21-9-3-4-14(10-21)16-7-8-18-19-16/h5-8,14H,3-4,9-12H2,1-2H3,(H,18,19)/t14-/m0/s1. The number of carbonyl (C=O) groups excluding carboxylic acids is 1. The summed E-state index contributed by atoms with van der Waals surface area (Å²) in [6.45, 7) is 4.77. The Morgan fingerprint density at radius 2 is 2.35 bits per heavy atom. The molecule has 2 aromatic heterocycles. The molecule has 1 aliphatic heterocycles. The first-order valence-electron chi connectivity index (χ1n) is 8.12.